The molecule has 156 valence electrons. The van der Waals surface area contributed by atoms with E-state index in [0.717, 1.165) is 10.1 Å². The molecule has 0 aliphatic carbocycles. The van der Waals surface area contributed by atoms with E-state index in [9.17, 15) is 14.4 Å². The van der Waals surface area contributed by atoms with Gasteiger partial charge in [0.2, 0.25) is 5.91 Å². The van der Waals surface area contributed by atoms with Gasteiger partial charge < -0.3 is 5.32 Å². The quantitative estimate of drug-likeness (QED) is 0.521. The van der Waals surface area contributed by atoms with Crippen molar-refractivity contribution in [1.82, 2.24) is 14.5 Å². The number of amides is 1. The van der Waals surface area contributed by atoms with Gasteiger partial charge in [0.05, 0.1) is 22.6 Å². The van der Waals surface area contributed by atoms with Crippen LogP contribution < -0.4 is 16.6 Å². The zero-order chi connectivity index (χ0) is 22.0. The molecule has 1 amide bonds. The van der Waals surface area contributed by atoms with Gasteiger partial charge in [-0.05, 0) is 42.8 Å². The average Bonchev–Trinajstić information content (AvgIpc) is 2.77. The number of hydrogen-bond donors (Lipinski definition) is 1. The average molecular weight is 434 g/mol. The van der Waals surface area contributed by atoms with Crippen LogP contribution in [0, 0.1) is 0 Å². The summed E-state index contributed by atoms with van der Waals surface area (Å²) in [5.74, 6) is -0.333. The third-order valence-corrected chi connectivity index (χ3v) is 5.33. The number of rotatable bonds is 5. The van der Waals surface area contributed by atoms with E-state index in [4.69, 9.17) is 11.6 Å². The fraction of sp³-hybridized carbons (Fsp3) is 0.125. The normalized spacial score (nSPS) is 11.9. The Morgan fingerprint density at radius 1 is 0.968 bits per heavy atom. The Morgan fingerprint density at radius 3 is 2.42 bits per heavy atom. The first kappa shape index (κ1) is 20.6. The maximum absolute atomic E-state index is 13.3. The summed E-state index contributed by atoms with van der Waals surface area (Å²) in [4.78, 5) is 39.2. The number of para-hydroxylation sites is 1. The van der Waals surface area contributed by atoms with Crippen LogP contribution in [0.1, 0.15) is 18.5 Å². The van der Waals surface area contributed by atoms with E-state index in [-0.39, 0.29) is 18.5 Å². The second kappa shape index (κ2) is 8.62. The molecule has 3 aromatic carbocycles. The standard InChI is InChI=1S/C24H20ClN3O3/c1-16(17-8-3-2-4-9-17)26-22(29)15-27-21-13-6-5-12-20(21)23(30)28(24(27)31)19-11-7-10-18(25)14-19/h2-14,16H,15H2,1H3,(H,26,29)/t16-/m1/s1. The van der Waals surface area contributed by atoms with Gasteiger partial charge in [-0.15, -0.1) is 0 Å². The van der Waals surface area contributed by atoms with Crippen molar-refractivity contribution in [2.24, 2.45) is 0 Å². The van der Waals surface area contributed by atoms with E-state index in [0.29, 0.717) is 21.6 Å². The Morgan fingerprint density at radius 2 is 1.68 bits per heavy atom. The van der Waals surface area contributed by atoms with Gasteiger partial charge in [-0.3, -0.25) is 14.2 Å². The summed E-state index contributed by atoms with van der Waals surface area (Å²) in [6, 6.07) is 22.6. The summed E-state index contributed by atoms with van der Waals surface area (Å²) in [5, 5.41) is 3.65. The van der Waals surface area contributed by atoms with Crippen molar-refractivity contribution in [1.29, 1.82) is 0 Å². The lowest BCUT2D eigenvalue weighted by molar-refractivity contribution is -0.122. The highest BCUT2D eigenvalue weighted by molar-refractivity contribution is 6.30. The fourth-order valence-corrected chi connectivity index (χ4v) is 3.76. The fourth-order valence-electron chi connectivity index (χ4n) is 3.57. The van der Waals surface area contributed by atoms with Crippen molar-refractivity contribution in [3.05, 3.63) is 110 Å². The third kappa shape index (κ3) is 4.15. The highest BCUT2D eigenvalue weighted by Gasteiger charge is 2.17. The van der Waals surface area contributed by atoms with E-state index >= 15 is 0 Å². The van der Waals surface area contributed by atoms with Gasteiger partial charge in [0.1, 0.15) is 6.54 Å². The summed E-state index contributed by atoms with van der Waals surface area (Å²) >= 11 is 6.07. The molecule has 0 unspecified atom stereocenters. The van der Waals surface area contributed by atoms with E-state index in [1.54, 1.807) is 48.5 Å². The number of carbonyl (C=O) groups excluding carboxylic acids is 1. The maximum atomic E-state index is 13.3. The summed E-state index contributed by atoms with van der Waals surface area (Å²) in [7, 11) is 0. The second-order valence-electron chi connectivity index (χ2n) is 7.21. The number of nitrogens with zero attached hydrogens (tertiary/aromatic N) is 2. The largest absolute Gasteiger partial charge is 0.348 e. The van der Waals surface area contributed by atoms with Crippen LogP contribution in [0.4, 0.5) is 0 Å². The maximum Gasteiger partial charge on any atom is 0.336 e. The van der Waals surface area contributed by atoms with E-state index < -0.39 is 11.2 Å². The number of carbonyl (C=O) groups is 1. The van der Waals surface area contributed by atoms with Gasteiger partial charge in [-0.1, -0.05) is 60.1 Å². The van der Waals surface area contributed by atoms with Crippen molar-refractivity contribution >= 4 is 28.4 Å². The molecule has 4 rings (SSSR count). The smallest absolute Gasteiger partial charge is 0.336 e. The van der Waals surface area contributed by atoms with Crippen molar-refractivity contribution in [2.45, 2.75) is 19.5 Å². The molecule has 0 saturated heterocycles. The zero-order valence-corrected chi connectivity index (χ0v) is 17.5. The molecule has 31 heavy (non-hydrogen) atoms. The predicted molar refractivity (Wildman–Crippen MR) is 122 cm³/mol. The highest BCUT2D eigenvalue weighted by Crippen LogP contribution is 2.15. The zero-order valence-electron chi connectivity index (χ0n) is 16.8. The van der Waals surface area contributed by atoms with Gasteiger partial charge in [0, 0.05) is 5.02 Å². The van der Waals surface area contributed by atoms with Gasteiger partial charge in [0.25, 0.3) is 5.56 Å². The summed E-state index contributed by atoms with van der Waals surface area (Å²) in [6.45, 7) is 1.65. The Bertz CT molecular complexity index is 1380. The monoisotopic (exact) mass is 433 g/mol. The summed E-state index contributed by atoms with van der Waals surface area (Å²) in [5.41, 5.74) is 0.640. The van der Waals surface area contributed by atoms with Crippen LogP contribution in [-0.4, -0.2) is 15.0 Å². The number of halogens is 1. The molecule has 0 saturated carbocycles. The number of nitrogens with one attached hydrogen (secondary N) is 1. The first-order valence-corrected chi connectivity index (χ1v) is 10.2. The van der Waals surface area contributed by atoms with Crippen LogP contribution in [0.2, 0.25) is 5.02 Å². The molecule has 1 heterocycles. The summed E-state index contributed by atoms with van der Waals surface area (Å²) < 4.78 is 2.35. The van der Waals surface area contributed by atoms with E-state index in [1.807, 2.05) is 37.3 Å². The Labute approximate surface area is 183 Å². The molecule has 4 aromatic rings. The first-order valence-electron chi connectivity index (χ1n) is 9.80. The lowest BCUT2D eigenvalue weighted by Gasteiger charge is -2.17. The number of hydrogen-bond acceptors (Lipinski definition) is 3. The lowest BCUT2D eigenvalue weighted by Crippen LogP contribution is -2.42. The Balaban J connectivity index is 1.78. The number of benzene rings is 3. The van der Waals surface area contributed by atoms with Crippen LogP contribution >= 0.6 is 11.6 Å². The van der Waals surface area contributed by atoms with E-state index in [2.05, 4.69) is 5.32 Å². The predicted octanol–water partition coefficient (Wildman–Crippen LogP) is 3.68. The molecule has 0 aliphatic heterocycles. The molecule has 0 spiro atoms. The van der Waals surface area contributed by atoms with Gasteiger partial charge >= 0.3 is 5.69 Å². The third-order valence-electron chi connectivity index (χ3n) is 5.10. The molecule has 0 bridgehead atoms. The molecule has 0 aliphatic rings. The van der Waals surface area contributed by atoms with Crippen LogP contribution in [0.25, 0.3) is 16.6 Å². The molecule has 0 radical (unpaired) electrons. The highest BCUT2D eigenvalue weighted by atomic mass is 35.5. The molecule has 0 fully saturated rings. The van der Waals surface area contributed by atoms with Gasteiger partial charge in [-0.2, -0.15) is 0 Å². The molecule has 7 heteroatoms. The van der Waals surface area contributed by atoms with Crippen molar-refractivity contribution in [3.63, 3.8) is 0 Å². The minimum atomic E-state index is -0.603. The van der Waals surface area contributed by atoms with Crippen LogP contribution in [0.5, 0.6) is 0 Å². The topological polar surface area (TPSA) is 73.1 Å². The van der Waals surface area contributed by atoms with Crippen LogP contribution in [0.15, 0.2) is 88.5 Å². The molecular weight excluding hydrogens is 414 g/mol. The van der Waals surface area contributed by atoms with Crippen molar-refractivity contribution in [3.8, 4) is 5.69 Å². The van der Waals surface area contributed by atoms with Crippen LogP contribution in [-0.2, 0) is 11.3 Å². The molecule has 1 atom stereocenters. The SMILES string of the molecule is C[C@@H](NC(=O)Cn1c(=O)n(-c2cccc(Cl)c2)c(=O)c2ccccc21)c1ccccc1. The number of aromatic nitrogens is 2. The molecule has 6 nitrogen and oxygen atoms in total. The second-order valence-corrected chi connectivity index (χ2v) is 7.64. The van der Waals surface area contributed by atoms with Gasteiger partial charge in [-0.25, -0.2) is 9.36 Å². The van der Waals surface area contributed by atoms with Gasteiger partial charge in [0.15, 0.2) is 0 Å². The Kier molecular flexibility index (Phi) is 5.73. The molecule has 1 aromatic heterocycles. The minimum Gasteiger partial charge on any atom is -0.348 e. The minimum absolute atomic E-state index is 0.225. The Hall–Kier alpha value is -3.64. The first-order chi connectivity index (χ1) is 15.0. The van der Waals surface area contributed by atoms with Crippen LogP contribution in [0.3, 0.4) is 0 Å². The molecular formula is C24H20ClN3O3. The summed E-state index contributed by atoms with van der Waals surface area (Å²) in [6.07, 6.45) is 0. The van der Waals surface area contributed by atoms with Crippen molar-refractivity contribution in [2.75, 3.05) is 0 Å². The van der Waals surface area contributed by atoms with Crippen molar-refractivity contribution < 1.29 is 4.79 Å². The van der Waals surface area contributed by atoms with E-state index in [1.165, 1.54) is 4.57 Å². The lowest BCUT2D eigenvalue weighted by atomic mass is 10.1. The molecule has 1 N–H and O–H groups in total. The number of fused-ring (bicyclic) bond motifs is 1.